The van der Waals surface area contributed by atoms with Gasteiger partial charge in [0.1, 0.15) is 5.82 Å². The Hall–Kier alpha value is -1.29. The van der Waals surface area contributed by atoms with Crippen LogP contribution in [0.1, 0.15) is 13.3 Å². The number of anilines is 1. The van der Waals surface area contributed by atoms with Crippen molar-refractivity contribution in [3.63, 3.8) is 0 Å². The van der Waals surface area contributed by atoms with Gasteiger partial charge in [0.2, 0.25) is 5.88 Å². The summed E-state index contributed by atoms with van der Waals surface area (Å²) in [6.07, 6.45) is 0.857. The number of pyridine rings is 1. The average Bonchev–Trinajstić information content (AvgIpc) is 2.26. The van der Waals surface area contributed by atoms with Gasteiger partial charge < -0.3 is 15.2 Å². The molecule has 14 heavy (non-hydrogen) atoms. The first-order valence-corrected chi connectivity index (χ1v) is 4.68. The second-order valence-electron chi connectivity index (χ2n) is 3.00. The minimum absolute atomic E-state index is 0.0506. The highest BCUT2D eigenvalue weighted by atomic mass is 16.5. The van der Waals surface area contributed by atoms with Crippen molar-refractivity contribution in [1.29, 1.82) is 0 Å². The zero-order valence-corrected chi connectivity index (χ0v) is 8.53. The fourth-order valence-electron chi connectivity index (χ4n) is 1.09. The third-order valence-electron chi connectivity index (χ3n) is 2.00. The Labute approximate surface area is 83.9 Å². The molecule has 1 aromatic rings. The maximum atomic E-state index is 8.99. The number of nitrogens with one attached hydrogen (secondary N) is 1. The first-order valence-electron chi connectivity index (χ1n) is 4.68. The SMILES string of the molecule is CCC(CO)Nc1cccc(OC)n1. The number of ether oxygens (including phenoxy) is 1. The van der Waals surface area contributed by atoms with E-state index in [1.54, 1.807) is 13.2 Å². The number of hydrogen-bond donors (Lipinski definition) is 2. The van der Waals surface area contributed by atoms with Gasteiger partial charge in [-0.15, -0.1) is 0 Å². The highest BCUT2D eigenvalue weighted by molar-refractivity contribution is 5.38. The Morgan fingerprint density at radius 1 is 1.57 bits per heavy atom. The van der Waals surface area contributed by atoms with Crippen molar-refractivity contribution < 1.29 is 9.84 Å². The van der Waals surface area contributed by atoms with Crippen molar-refractivity contribution >= 4 is 5.82 Å². The van der Waals surface area contributed by atoms with E-state index in [1.165, 1.54) is 0 Å². The topological polar surface area (TPSA) is 54.4 Å². The molecule has 1 unspecified atom stereocenters. The molecule has 0 aliphatic rings. The fraction of sp³-hybridized carbons (Fsp3) is 0.500. The van der Waals surface area contributed by atoms with Crippen molar-refractivity contribution in [2.75, 3.05) is 19.0 Å². The summed E-state index contributed by atoms with van der Waals surface area (Å²) in [7, 11) is 1.58. The van der Waals surface area contributed by atoms with Crippen LogP contribution in [0.15, 0.2) is 18.2 Å². The van der Waals surface area contributed by atoms with E-state index in [1.807, 2.05) is 19.1 Å². The molecule has 4 heteroatoms. The van der Waals surface area contributed by atoms with Gasteiger partial charge in [-0.2, -0.15) is 4.98 Å². The summed E-state index contributed by atoms with van der Waals surface area (Å²) in [6, 6.07) is 5.54. The molecule has 1 rings (SSSR count). The van der Waals surface area contributed by atoms with Crippen LogP contribution in [0.5, 0.6) is 5.88 Å². The number of aliphatic hydroxyl groups excluding tert-OH is 1. The summed E-state index contributed by atoms with van der Waals surface area (Å²) >= 11 is 0. The van der Waals surface area contributed by atoms with Gasteiger partial charge in [0.05, 0.1) is 19.8 Å². The largest absolute Gasteiger partial charge is 0.481 e. The number of aliphatic hydroxyl groups is 1. The summed E-state index contributed by atoms with van der Waals surface area (Å²) in [5.74, 6) is 1.30. The van der Waals surface area contributed by atoms with E-state index in [4.69, 9.17) is 9.84 Å². The molecule has 0 bridgehead atoms. The molecular weight excluding hydrogens is 180 g/mol. The highest BCUT2D eigenvalue weighted by Gasteiger charge is 2.04. The summed E-state index contributed by atoms with van der Waals surface area (Å²) in [5, 5.41) is 12.1. The van der Waals surface area contributed by atoms with Crippen LogP contribution in [-0.2, 0) is 0 Å². The summed E-state index contributed by atoms with van der Waals surface area (Å²) in [5.41, 5.74) is 0. The molecule has 2 N–H and O–H groups in total. The lowest BCUT2D eigenvalue weighted by Crippen LogP contribution is -2.23. The van der Waals surface area contributed by atoms with Crippen molar-refractivity contribution in [1.82, 2.24) is 4.98 Å². The molecule has 0 radical (unpaired) electrons. The lowest BCUT2D eigenvalue weighted by atomic mass is 10.2. The normalized spacial score (nSPS) is 12.2. The Balaban J connectivity index is 2.65. The minimum atomic E-state index is 0.0506. The van der Waals surface area contributed by atoms with Crippen LogP contribution in [0.3, 0.4) is 0 Å². The van der Waals surface area contributed by atoms with E-state index < -0.39 is 0 Å². The summed E-state index contributed by atoms with van der Waals surface area (Å²) < 4.78 is 4.99. The monoisotopic (exact) mass is 196 g/mol. The second kappa shape index (κ2) is 5.44. The molecule has 0 aliphatic carbocycles. The van der Waals surface area contributed by atoms with Gasteiger partial charge in [0.25, 0.3) is 0 Å². The van der Waals surface area contributed by atoms with Gasteiger partial charge in [-0.25, -0.2) is 0 Å². The number of rotatable bonds is 5. The van der Waals surface area contributed by atoms with Crippen LogP contribution in [0, 0.1) is 0 Å². The Morgan fingerprint density at radius 2 is 2.36 bits per heavy atom. The smallest absolute Gasteiger partial charge is 0.214 e. The van der Waals surface area contributed by atoms with Crippen LogP contribution in [0.2, 0.25) is 0 Å². The zero-order chi connectivity index (χ0) is 10.4. The minimum Gasteiger partial charge on any atom is -0.481 e. The van der Waals surface area contributed by atoms with Gasteiger partial charge >= 0.3 is 0 Å². The van der Waals surface area contributed by atoms with Crippen molar-refractivity contribution in [3.8, 4) is 5.88 Å². The van der Waals surface area contributed by atoms with Crippen LogP contribution < -0.4 is 10.1 Å². The van der Waals surface area contributed by atoms with Gasteiger partial charge in [-0.3, -0.25) is 0 Å². The molecule has 0 spiro atoms. The van der Waals surface area contributed by atoms with Crippen LogP contribution >= 0.6 is 0 Å². The maximum absolute atomic E-state index is 8.99. The molecule has 1 aromatic heterocycles. The second-order valence-corrected chi connectivity index (χ2v) is 3.00. The van der Waals surface area contributed by atoms with E-state index in [2.05, 4.69) is 10.3 Å². The maximum Gasteiger partial charge on any atom is 0.214 e. The molecule has 0 aliphatic heterocycles. The molecule has 4 nitrogen and oxygen atoms in total. The lowest BCUT2D eigenvalue weighted by Gasteiger charge is -2.14. The number of aromatic nitrogens is 1. The molecule has 0 fully saturated rings. The quantitative estimate of drug-likeness (QED) is 0.744. The third-order valence-corrected chi connectivity index (χ3v) is 2.00. The van der Waals surface area contributed by atoms with Crippen molar-refractivity contribution in [3.05, 3.63) is 18.2 Å². The van der Waals surface area contributed by atoms with E-state index in [9.17, 15) is 0 Å². The molecular formula is C10H16N2O2. The first-order chi connectivity index (χ1) is 6.80. The number of hydrogen-bond acceptors (Lipinski definition) is 4. The lowest BCUT2D eigenvalue weighted by molar-refractivity contribution is 0.271. The molecule has 0 saturated heterocycles. The molecule has 1 heterocycles. The number of methoxy groups -OCH3 is 1. The van der Waals surface area contributed by atoms with Gasteiger partial charge in [0, 0.05) is 6.07 Å². The van der Waals surface area contributed by atoms with E-state index in [0.717, 1.165) is 12.2 Å². The van der Waals surface area contributed by atoms with Gasteiger partial charge in [-0.05, 0) is 12.5 Å². The van der Waals surface area contributed by atoms with Crippen LogP contribution in [0.25, 0.3) is 0 Å². The fourth-order valence-corrected chi connectivity index (χ4v) is 1.09. The van der Waals surface area contributed by atoms with Gasteiger partial charge in [0.15, 0.2) is 0 Å². The summed E-state index contributed by atoms with van der Waals surface area (Å²) in [4.78, 5) is 4.18. The van der Waals surface area contributed by atoms with Crippen molar-refractivity contribution in [2.24, 2.45) is 0 Å². The van der Waals surface area contributed by atoms with Crippen LogP contribution in [-0.4, -0.2) is 29.8 Å². The Bertz CT molecular complexity index is 275. The Kier molecular flexibility index (Phi) is 4.19. The highest BCUT2D eigenvalue weighted by Crippen LogP contribution is 2.12. The molecule has 0 saturated carbocycles. The van der Waals surface area contributed by atoms with Crippen molar-refractivity contribution in [2.45, 2.75) is 19.4 Å². The molecule has 0 aromatic carbocycles. The average molecular weight is 196 g/mol. The predicted molar refractivity (Wildman–Crippen MR) is 55.6 cm³/mol. The summed E-state index contributed by atoms with van der Waals surface area (Å²) in [6.45, 7) is 2.11. The Morgan fingerprint density at radius 3 is 2.93 bits per heavy atom. The molecule has 1 atom stereocenters. The standard InChI is InChI=1S/C10H16N2O2/c1-3-8(7-13)11-9-5-4-6-10(12-9)14-2/h4-6,8,13H,3,7H2,1-2H3,(H,11,12). The van der Waals surface area contributed by atoms with E-state index >= 15 is 0 Å². The molecule has 78 valence electrons. The van der Waals surface area contributed by atoms with E-state index in [-0.39, 0.29) is 12.6 Å². The van der Waals surface area contributed by atoms with Gasteiger partial charge in [-0.1, -0.05) is 13.0 Å². The van der Waals surface area contributed by atoms with E-state index in [0.29, 0.717) is 5.88 Å². The first kappa shape index (κ1) is 10.8. The predicted octanol–water partition coefficient (Wildman–Crippen LogP) is 1.27. The zero-order valence-electron chi connectivity index (χ0n) is 8.53. The number of nitrogens with zero attached hydrogens (tertiary/aromatic N) is 1. The van der Waals surface area contributed by atoms with Crippen LogP contribution in [0.4, 0.5) is 5.82 Å². The molecule has 0 amide bonds. The third kappa shape index (κ3) is 2.88.